The number of thioether (sulfide) groups is 1. The van der Waals surface area contributed by atoms with Gasteiger partial charge in [0, 0.05) is 16.0 Å². The monoisotopic (exact) mass is 533 g/mol. The van der Waals surface area contributed by atoms with Gasteiger partial charge in [-0.05, 0) is 44.2 Å². The van der Waals surface area contributed by atoms with Crippen LogP contribution in [0.15, 0.2) is 28.2 Å². The number of benzene rings is 1. The molecule has 34 heavy (non-hydrogen) atoms. The number of amides is 2. The van der Waals surface area contributed by atoms with Crippen molar-refractivity contribution in [3.8, 4) is 0 Å². The average Bonchev–Trinajstić information content (AvgIpc) is 2.84. The molecule has 0 atom stereocenters. The van der Waals surface area contributed by atoms with E-state index >= 15 is 0 Å². The molecule has 1 aliphatic rings. The highest BCUT2D eigenvalue weighted by Gasteiger charge is 2.33. The largest absolute Gasteiger partial charge is 0.468 e. The SMILES string of the molecule is CCCCOC(=O)C1=C(C(=O)N(C(=O)CCl)c2cc(SCC(=O)OC)c(Cl)cc2F)CCCC1. The van der Waals surface area contributed by atoms with Gasteiger partial charge in [-0.25, -0.2) is 14.1 Å². The number of carbonyl (C=O) groups excluding carboxylic acids is 4. The van der Waals surface area contributed by atoms with Crippen molar-refractivity contribution in [1.29, 1.82) is 0 Å². The maximum atomic E-state index is 14.9. The van der Waals surface area contributed by atoms with Crippen LogP contribution in [0.25, 0.3) is 0 Å². The van der Waals surface area contributed by atoms with Gasteiger partial charge < -0.3 is 9.47 Å². The number of imide groups is 1. The summed E-state index contributed by atoms with van der Waals surface area (Å²) in [5.41, 5.74) is -0.0806. The Morgan fingerprint density at radius 1 is 1.15 bits per heavy atom. The summed E-state index contributed by atoms with van der Waals surface area (Å²) < 4.78 is 24.8. The molecule has 0 saturated heterocycles. The van der Waals surface area contributed by atoms with Crippen molar-refractivity contribution < 1.29 is 33.0 Å². The lowest BCUT2D eigenvalue weighted by Gasteiger charge is -2.26. The third-order valence-corrected chi connectivity index (χ3v) is 6.77. The number of hydrogen-bond acceptors (Lipinski definition) is 7. The second-order valence-corrected chi connectivity index (χ2v) is 9.11. The summed E-state index contributed by atoms with van der Waals surface area (Å²) in [6.07, 6.45) is 3.38. The van der Waals surface area contributed by atoms with E-state index in [9.17, 15) is 23.6 Å². The lowest BCUT2D eigenvalue weighted by atomic mass is 9.90. The Morgan fingerprint density at radius 2 is 1.82 bits per heavy atom. The van der Waals surface area contributed by atoms with Gasteiger partial charge in [0.2, 0.25) is 5.91 Å². The molecule has 0 bridgehead atoms. The number of nitrogens with zero attached hydrogens (tertiary/aromatic N) is 1. The summed E-state index contributed by atoms with van der Waals surface area (Å²) in [6, 6.07) is 2.16. The molecule has 186 valence electrons. The lowest BCUT2D eigenvalue weighted by Crippen LogP contribution is -2.40. The number of rotatable bonds is 10. The summed E-state index contributed by atoms with van der Waals surface area (Å²) in [4.78, 5) is 51.2. The molecule has 1 aliphatic carbocycles. The number of ether oxygens (including phenoxy) is 2. The maximum Gasteiger partial charge on any atom is 0.334 e. The smallest absolute Gasteiger partial charge is 0.334 e. The summed E-state index contributed by atoms with van der Waals surface area (Å²) >= 11 is 12.8. The predicted octanol–water partition coefficient (Wildman–Crippen LogP) is 5.06. The first-order valence-electron chi connectivity index (χ1n) is 10.8. The average molecular weight is 534 g/mol. The van der Waals surface area contributed by atoms with Crippen molar-refractivity contribution >= 4 is 64.4 Å². The molecule has 0 saturated carbocycles. The molecule has 11 heteroatoms. The van der Waals surface area contributed by atoms with Crippen molar-refractivity contribution in [2.75, 3.05) is 30.2 Å². The van der Waals surface area contributed by atoms with Gasteiger partial charge in [-0.15, -0.1) is 23.4 Å². The van der Waals surface area contributed by atoms with Crippen LogP contribution in [0.5, 0.6) is 0 Å². The highest BCUT2D eigenvalue weighted by molar-refractivity contribution is 8.00. The van der Waals surface area contributed by atoms with Crippen molar-refractivity contribution in [3.63, 3.8) is 0 Å². The molecule has 0 aliphatic heterocycles. The van der Waals surface area contributed by atoms with E-state index < -0.39 is 35.5 Å². The van der Waals surface area contributed by atoms with Crippen molar-refractivity contribution in [2.24, 2.45) is 0 Å². The molecule has 1 aromatic carbocycles. The molecule has 2 rings (SSSR count). The molecule has 0 fully saturated rings. The predicted molar refractivity (Wildman–Crippen MR) is 129 cm³/mol. The number of hydrogen-bond donors (Lipinski definition) is 0. The molecule has 0 N–H and O–H groups in total. The first-order valence-corrected chi connectivity index (χ1v) is 12.7. The van der Waals surface area contributed by atoms with E-state index in [1.54, 1.807) is 0 Å². The second kappa shape index (κ2) is 13.7. The quantitative estimate of drug-likeness (QED) is 0.180. The number of unbranched alkanes of at least 4 members (excludes halogenated alkanes) is 1. The summed E-state index contributed by atoms with van der Waals surface area (Å²) in [5.74, 6) is -4.48. The third kappa shape index (κ3) is 7.20. The van der Waals surface area contributed by atoms with Gasteiger partial charge in [0.25, 0.3) is 5.91 Å². The van der Waals surface area contributed by atoms with Crippen LogP contribution in [0, 0.1) is 5.82 Å². The first-order chi connectivity index (χ1) is 16.2. The third-order valence-electron chi connectivity index (χ3n) is 5.09. The summed E-state index contributed by atoms with van der Waals surface area (Å²) in [5, 5.41) is -0.00190. The van der Waals surface area contributed by atoms with Crippen LogP contribution in [0.2, 0.25) is 5.02 Å². The minimum Gasteiger partial charge on any atom is -0.468 e. The number of carbonyl (C=O) groups is 4. The Hall–Kier alpha value is -2.10. The van der Waals surface area contributed by atoms with Crippen LogP contribution in [-0.4, -0.2) is 49.1 Å². The Morgan fingerprint density at radius 3 is 2.44 bits per heavy atom. The van der Waals surface area contributed by atoms with E-state index in [0.717, 1.165) is 24.2 Å². The zero-order valence-corrected chi connectivity index (χ0v) is 21.3. The molecule has 2 amide bonds. The van der Waals surface area contributed by atoms with Crippen molar-refractivity contribution in [1.82, 2.24) is 0 Å². The van der Waals surface area contributed by atoms with E-state index in [4.69, 9.17) is 27.9 Å². The van der Waals surface area contributed by atoms with Crippen LogP contribution < -0.4 is 4.90 Å². The summed E-state index contributed by atoms with van der Waals surface area (Å²) in [7, 11) is 1.23. The molecule has 0 heterocycles. The van der Waals surface area contributed by atoms with Crippen molar-refractivity contribution in [2.45, 2.75) is 50.3 Å². The van der Waals surface area contributed by atoms with Crippen molar-refractivity contribution in [3.05, 3.63) is 34.1 Å². The molecular formula is C23H26Cl2FNO6S. The zero-order chi connectivity index (χ0) is 25.3. The van der Waals surface area contributed by atoms with Gasteiger partial charge in [-0.2, -0.15) is 0 Å². The number of alkyl halides is 1. The standard InChI is InChI=1S/C23H26Cl2FNO6S/c1-3-4-9-33-23(31)15-8-6-5-7-14(15)22(30)27(20(28)12-24)18-11-19(16(25)10-17(18)26)34-13-21(29)32-2/h10-11H,3-9,12-13H2,1-2H3. The maximum absolute atomic E-state index is 14.9. The highest BCUT2D eigenvalue weighted by atomic mass is 35.5. The molecule has 0 aromatic heterocycles. The molecule has 7 nitrogen and oxygen atoms in total. The number of halogens is 3. The van der Waals surface area contributed by atoms with E-state index in [0.29, 0.717) is 30.6 Å². The van der Waals surface area contributed by atoms with E-state index in [1.807, 2.05) is 6.92 Å². The molecule has 0 spiro atoms. The van der Waals surface area contributed by atoms with Crippen LogP contribution in [0.4, 0.5) is 10.1 Å². The van der Waals surface area contributed by atoms with Gasteiger partial charge in [0.15, 0.2) is 0 Å². The lowest BCUT2D eigenvalue weighted by molar-refractivity contribution is -0.140. The highest BCUT2D eigenvalue weighted by Crippen LogP contribution is 2.36. The van der Waals surface area contributed by atoms with E-state index in [-0.39, 0.29) is 45.5 Å². The Kier molecular flexibility index (Phi) is 11.3. The fourth-order valence-electron chi connectivity index (χ4n) is 3.31. The normalized spacial score (nSPS) is 13.4. The second-order valence-electron chi connectivity index (χ2n) is 7.42. The fourth-order valence-corrected chi connectivity index (χ4v) is 4.53. The van der Waals surface area contributed by atoms with Gasteiger partial charge >= 0.3 is 11.9 Å². The molecule has 1 aromatic rings. The van der Waals surface area contributed by atoms with Crippen LogP contribution in [-0.2, 0) is 28.7 Å². The van der Waals surface area contributed by atoms with Gasteiger partial charge in [-0.1, -0.05) is 24.9 Å². The summed E-state index contributed by atoms with van der Waals surface area (Å²) in [6.45, 7) is 2.17. The fraction of sp³-hybridized carbons (Fsp3) is 0.478. The van der Waals surface area contributed by atoms with Crippen LogP contribution >= 0.6 is 35.0 Å². The van der Waals surface area contributed by atoms with Crippen LogP contribution in [0.3, 0.4) is 0 Å². The van der Waals surface area contributed by atoms with Gasteiger partial charge in [0.1, 0.15) is 11.7 Å². The number of anilines is 1. The van der Waals surface area contributed by atoms with Gasteiger partial charge in [-0.3, -0.25) is 14.4 Å². The van der Waals surface area contributed by atoms with Gasteiger partial charge in [0.05, 0.1) is 30.2 Å². The minimum atomic E-state index is -0.928. The van der Waals surface area contributed by atoms with E-state index in [1.165, 1.54) is 13.2 Å². The molecule has 0 unspecified atom stereocenters. The zero-order valence-electron chi connectivity index (χ0n) is 19.0. The first kappa shape index (κ1) is 28.1. The molecular weight excluding hydrogens is 508 g/mol. The number of methoxy groups -OCH3 is 1. The molecule has 0 radical (unpaired) electrons. The van der Waals surface area contributed by atoms with E-state index in [2.05, 4.69) is 4.74 Å². The Balaban J connectivity index is 2.49. The topological polar surface area (TPSA) is 90.0 Å². The Labute approximate surface area is 211 Å². The number of esters is 2. The minimum absolute atomic E-state index is 0.00190. The Bertz CT molecular complexity index is 984. The van der Waals surface area contributed by atoms with Crippen LogP contribution in [0.1, 0.15) is 45.4 Å².